The minimum Gasteiger partial charge on any atom is -0.413 e. The second kappa shape index (κ2) is 7.45. The molecule has 2 aromatic carbocycles. The van der Waals surface area contributed by atoms with Gasteiger partial charge in [-0.25, -0.2) is 0 Å². The van der Waals surface area contributed by atoms with Crippen LogP contribution in [0.1, 0.15) is 43.4 Å². The zero-order valence-corrected chi connectivity index (χ0v) is 16.4. The van der Waals surface area contributed by atoms with E-state index in [0.29, 0.717) is 6.61 Å². The third-order valence-electron chi connectivity index (χ3n) is 5.04. The van der Waals surface area contributed by atoms with Crippen LogP contribution >= 0.6 is 0 Å². The van der Waals surface area contributed by atoms with Crippen molar-refractivity contribution < 1.29 is 9.22 Å². The summed E-state index contributed by atoms with van der Waals surface area (Å²) in [6.45, 7) is 11.9. The first-order chi connectivity index (χ1) is 11.2. The van der Waals surface area contributed by atoms with Gasteiger partial charge in [0.2, 0.25) is 0 Å². The lowest BCUT2D eigenvalue weighted by atomic mass is 9.92. The average molecular weight is 341 g/mol. The zero-order valence-electron chi connectivity index (χ0n) is 15.4. The molecule has 0 saturated carbocycles. The van der Waals surface area contributed by atoms with Crippen LogP contribution in [-0.4, -0.2) is 14.6 Å². The predicted octanol–water partition coefficient (Wildman–Crippen LogP) is 5.54. The summed E-state index contributed by atoms with van der Waals surface area (Å²) in [6, 6.07) is 18.1. The molecule has 24 heavy (non-hydrogen) atoms. The van der Waals surface area contributed by atoms with Crippen LogP contribution in [0, 0.1) is 0 Å². The van der Waals surface area contributed by atoms with Crippen molar-refractivity contribution in [2.24, 2.45) is 0 Å². The first-order valence-corrected chi connectivity index (χ1v) is 11.4. The summed E-state index contributed by atoms with van der Waals surface area (Å²) >= 11 is 0. The highest BCUT2D eigenvalue weighted by Crippen LogP contribution is 2.37. The van der Waals surface area contributed by atoms with Crippen molar-refractivity contribution in [2.45, 2.75) is 51.4 Å². The van der Waals surface area contributed by atoms with Gasteiger partial charge in [-0.2, -0.15) is 0 Å². The molecule has 1 atom stereocenters. The van der Waals surface area contributed by atoms with Gasteiger partial charge in [0.25, 0.3) is 0 Å². The van der Waals surface area contributed by atoms with Crippen LogP contribution in [0.3, 0.4) is 0 Å². The van der Waals surface area contributed by atoms with Crippen LogP contribution in [0.5, 0.6) is 0 Å². The maximum atomic E-state index is 11.5. The molecule has 2 nitrogen and oxygen atoms in total. The van der Waals surface area contributed by atoms with E-state index in [1.807, 2.05) is 42.5 Å². The number of hydrogen-bond donors (Lipinski definition) is 0. The highest BCUT2D eigenvalue weighted by Gasteiger charge is 2.36. The SMILES string of the molecule is CC(C)(C)[Si](C)(C)OCc1ccc(C(C=O)c2ccccc2)cc1. The van der Waals surface area contributed by atoms with E-state index in [2.05, 4.69) is 46.0 Å². The van der Waals surface area contributed by atoms with Crippen molar-refractivity contribution in [2.75, 3.05) is 0 Å². The van der Waals surface area contributed by atoms with Crippen molar-refractivity contribution in [1.82, 2.24) is 0 Å². The van der Waals surface area contributed by atoms with Crippen LogP contribution in [-0.2, 0) is 15.8 Å². The minimum absolute atomic E-state index is 0.207. The molecular formula is C21H28O2Si. The van der Waals surface area contributed by atoms with Crippen LogP contribution < -0.4 is 0 Å². The Balaban J connectivity index is 2.09. The summed E-state index contributed by atoms with van der Waals surface area (Å²) in [5, 5.41) is 0.211. The van der Waals surface area contributed by atoms with Crippen molar-refractivity contribution >= 4 is 14.6 Å². The lowest BCUT2D eigenvalue weighted by Crippen LogP contribution is -2.40. The maximum Gasteiger partial charge on any atom is 0.192 e. The van der Waals surface area contributed by atoms with E-state index < -0.39 is 8.32 Å². The summed E-state index contributed by atoms with van der Waals surface area (Å²) in [5.74, 6) is -0.207. The average Bonchev–Trinajstić information content (AvgIpc) is 2.55. The highest BCUT2D eigenvalue weighted by atomic mass is 28.4. The van der Waals surface area contributed by atoms with E-state index in [4.69, 9.17) is 4.43 Å². The molecule has 0 aliphatic heterocycles. The quantitative estimate of drug-likeness (QED) is 0.510. The molecule has 0 fully saturated rings. The second-order valence-electron chi connectivity index (χ2n) is 7.82. The van der Waals surface area contributed by atoms with Crippen LogP contribution in [0.25, 0.3) is 0 Å². The van der Waals surface area contributed by atoms with Gasteiger partial charge in [-0.3, -0.25) is 0 Å². The molecule has 2 rings (SSSR count). The van der Waals surface area contributed by atoms with Crippen LogP contribution in [0.2, 0.25) is 18.1 Å². The Morgan fingerprint density at radius 2 is 1.50 bits per heavy atom. The third-order valence-corrected chi connectivity index (χ3v) is 9.52. The van der Waals surface area contributed by atoms with Gasteiger partial charge in [0.15, 0.2) is 8.32 Å². The molecule has 0 amide bonds. The predicted molar refractivity (Wildman–Crippen MR) is 103 cm³/mol. The molecule has 0 N–H and O–H groups in total. The Kier molecular flexibility index (Phi) is 5.78. The van der Waals surface area contributed by atoms with Gasteiger partial charge in [-0.1, -0.05) is 75.4 Å². The van der Waals surface area contributed by atoms with Gasteiger partial charge in [0.05, 0.1) is 12.5 Å². The molecule has 2 aromatic rings. The lowest BCUT2D eigenvalue weighted by molar-refractivity contribution is -0.108. The fourth-order valence-corrected chi connectivity index (χ4v) is 3.27. The van der Waals surface area contributed by atoms with E-state index in [1.165, 1.54) is 0 Å². The summed E-state index contributed by atoms with van der Waals surface area (Å²) in [4.78, 5) is 11.5. The molecule has 0 aliphatic rings. The molecule has 0 saturated heterocycles. The van der Waals surface area contributed by atoms with Crippen molar-refractivity contribution in [1.29, 1.82) is 0 Å². The molecule has 0 aromatic heterocycles. The van der Waals surface area contributed by atoms with Crippen molar-refractivity contribution in [3.8, 4) is 0 Å². The Morgan fingerprint density at radius 1 is 0.958 bits per heavy atom. The summed E-state index contributed by atoms with van der Waals surface area (Å²) in [6.07, 6.45) is 1.01. The van der Waals surface area contributed by atoms with Crippen LogP contribution in [0.15, 0.2) is 54.6 Å². The Labute approximate surface area is 147 Å². The molecule has 3 heteroatoms. The number of aldehydes is 1. The standard InChI is InChI=1S/C21H28O2Si/c1-21(2,3)24(4,5)23-16-17-11-13-19(14-12-17)20(15-22)18-9-7-6-8-10-18/h6-15,20H,16H2,1-5H3. The topological polar surface area (TPSA) is 26.3 Å². The fraction of sp³-hybridized carbons (Fsp3) is 0.381. The maximum absolute atomic E-state index is 11.5. The second-order valence-corrected chi connectivity index (χ2v) is 12.6. The molecular weight excluding hydrogens is 312 g/mol. The van der Waals surface area contributed by atoms with E-state index in [0.717, 1.165) is 23.0 Å². The number of carbonyl (C=O) groups excluding carboxylic acids is 1. The largest absolute Gasteiger partial charge is 0.413 e. The van der Waals surface area contributed by atoms with Gasteiger partial charge in [-0.15, -0.1) is 0 Å². The van der Waals surface area contributed by atoms with Gasteiger partial charge < -0.3 is 9.22 Å². The molecule has 128 valence electrons. The zero-order chi connectivity index (χ0) is 17.8. The van der Waals surface area contributed by atoms with E-state index in [9.17, 15) is 4.79 Å². The molecule has 0 spiro atoms. The lowest BCUT2D eigenvalue weighted by Gasteiger charge is -2.36. The van der Waals surface area contributed by atoms with Gasteiger partial charge >= 0.3 is 0 Å². The normalized spacial score (nSPS) is 13.5. The third kappa shape index (κ3) is 4.43. The van der Waals surface area contributed by atoms with Gasteiger partial charge in [0, 0.05) is 0 Å². The number of benzene rings is 2. The van der Waals surface area contributed by atoms with E-state index >= 15 is 0 Å². The summed E-state index contributed by atoms with van der Waals surface area (Å²) < 4.78 is 6.26. The van der Waals surface area contributed by atoms with Crippen molar-refractivity contribution in [3.63, 3.8) is 0 Å². The van der Waals surface area contributed by atoms with Crippen LogP contribution in [0.4, 0.5) is 0 Å². The monoisotopic (exact) mass is 340 g/mol. The molecule has 0 radical (unpaired) electrons. The number of carbonyl (C=O) groups is 1. The first-order valence-electron chi connectivity index (χ1n) is 8.47. The highest BCUT2D eigenvalue weighted by molar-refractivity contribution is 6.74. The van der Waals surface area contributed by atoms with Gasteiger partial charge in [0.1, 0.15) is 6.29 Å². The smallest absolute Gasteiger partial charge is 0.192 e. The molecule has 0 heterocycles. The minimum atomic E-state index is -1.74. The molecule has 1 unspecified atom stereocenters. The Hall–Kier alpha value is -1.71. The molecule has 0 bridgehead atoms. The fourth-order valence-electron chi connectivity index (χ4n) is 2.31. The van der Waals surface area contributed by atoms with E-state index in [-0.39, 0.29) is 11.0 Å². The van der Waals surface area contributed by atoms with E-state index in [1.54, 1.807) is 0 Å². The van der Waals surface area contributed by atoms with Gasteiger partial charge in [-0.05, 0) is 34.8 Å². The number of rotatable bonds is 6. The Morgan fingerprint density at radius 3 is 2.00 bits per heavy atom. The number of hydrogen-bond acceptors (Lipinski definition) is 2. The van der Waals surface area contributed by atoms with Crippen molar-refractivity contribution in [3.05, 3.63) is 71.3 Å². The summed E-state index contributed by atoms with van der Waals surface area (Å²) in [5.41, 5.74) is 3.20. The Bertz CT molecular complexity index is 654. The summed E-state index contributed by atoms with van der Waals surface area (Å²) in [7, 11) is -1.74. The first kappa shape index (κ1) is 18.6. The molecule has 0 aliphatic carbocycles.